The zero-order valence-electron chi connectivity index (χ0n) is 11.5. The van der Waals surface area contributed by atoms with Gasteiger partial charge >= 0.3 is 0 Å². The Morgan fingerprint density at radius 3 is 2.26 bits per heavy atom. The molecule has 1 aromatic carbocycles. The summed E-state index contributed by atoms with van der Waals surface area (Å²) in [6.45, 7) is 2.31. The monoisotopic (exact) mass is 384 g/mol. The molecule has 2 rings (SSSR count). The standard InChI is InChI=1S/C17H22Br2/c1-2-3-13-4-8-15(9-5-13)16-10-6-14(7-11-16)12-17(18)19/h6-7,10-13,15H,2-5,8-9H2,1H3/t13-,15-. The Kier molecular flexibility index (Phi) is 6.15. The van der Waals surface area contributed by atoms with Gasteiger partial charge in [0.2, 0.25) is 0 Å². The van der Waals surface area contributed by atoms with Crippen LogP contribution in [0.2, 0.25) is 0 Å². The van der Waals surface area contributed by atoms with Crippen LogP contribution in [0.15, 0.2) is 27.7 Å². The third-order valence-electron chi connectivity index (χ3n) is 4.23. The molecule has 0 atom stereocenters. The molecule has 1 aromatic rings. The van der Waals surface area contributed by atoms with Crippen LogP contribution in [-0.4, -0.2) is 0 Å². The van der Waals surface area contributed by atoms with Crippen molar-refractivity contribution in [3.8, 4) is 0 Å². The van der Waals surface area contributed by atoms with Crippen molar-refractivity contribution >= 4 is 37.9 Å². The van der Waals surface area contributed by atoms with E-state index in [0.29, 0.717) is 0 Å². The van der Waals surface area contributed by atoms with E-state index >= 15 is 0 Å². The van der Waals surface area contributed by atoms with Crippen LogP contribution in [0.5, 0.6) is 0 Å². The van der Waals surface area contributed by atoms with Crippen molar-refractivity contribution in [1.29, 1.82) is 0 Å². The Labute approximate surface area is 133 Å². The summed E-state index contributed by atoms with van der Waals surface area (Å²) in [6.07, 6.45) is 10.5. The molecule has 1 saturated carbocycles. The highest BCUT2D eigenvalue weighted by Crippen LogP contribution is 2.37. The lowest BCUT2D eigenvalue weighted by molar-refractivity contribution is 0.308. The maximum absolute atomic E-state index is 3.41. The number of hydrogen-bond donors (Lipinski definition) is 0. The van der Waals surface area contributed by atoms with Crippen molar-refractivity contribution < 1.29 is 0 Å². The lowest BCUT2D eigenvalue weighted by Gasteiger charge is -2.28. The first kappa shape index (κ1) is 15.3. The van der Waals surface area contributed by atoms with Gasteiger partial charge < -0.3 is 0 Å². The molecule has 0 nitrogen and oxygen atoms in total. The Balaban J connectivity index is 1.94. The topological polar surface area (TPSA) is 0 Å². The Morgan fingerprint density at radius 2 is 1.74 bits per heavy atom. The highest BCUT2D eigenvalue weighted by molar-refractivity contribution is 9.28. The van der Waals surface area contributed by atoms with Crippen molar-refractivity contribution in [3.05, 3.63) is 38.8 Å². The molecule has 0 aromatic heterocycles. The van der Waals surface area contributed by atoms with E-state index in [2.05, 4.69) is 69.1 Å². The fourth-order valence-corrected chi connectivity index (χ4v) is 3.71. The molecule has 1 aliphatic rings. The van der Waals surface area contributed by atoms with Crippen LogP contribution in [0.25, 0.3) is 6.08 Å². The minimum absolute atomic E-state index is 0.790. The molecular formula is C17H22Br2. The Bertz CT molecular complexity index is 407. The van der Waals surface area contributed by atoms with E-state index in [-0.39, 0.29) is 0 Å². The van der Waals surface area contributed by atoms with Gasteiger partial charge in [-0.1, -0.05) is 44.0 Å². The smallest absolute Gasteiger partial charge is 0.0610 e. The number of halogens is 2. The van der Waals surface area contributed by atoms with E-state index in [4.69, 9.17) is 0 Å². The van der Waals surface area contributed by atoms with Crippen molar-refractivity contribution in [3.63, 3.8) is 0 Å². The number of benzene rings is 1. The minimum atomic E-state index is 0.790. The van der Waals surface area contributed by atoms with Gasteiger partial charge in [-0.05, 0) is 86.6 Å². The predicted molar refractivity (Wildman–Crippen MR) is 91.9 cm³/mol. The molecule has 1 fully saturated rings. The molecule has 0 N–H and O–H groups in total. The normalized spacial score (nSPS) is 23.1. The first-order valence-corrected chi connectivity index (χ1v) is 8.90. The molecule has 0 spiro atoms. The van der Waals surface area contributed by atoms with Gasteiger partial charge in [0.05, 0.1) is 3.39 Å². The fourth-order valence-electron chi connectivity index (χ4n) is 3.18. The second-order valence-corrected chi connectivity index (χ2v) is 8.38. The van der Waals surface area contributed by atoms with E-state index in [1.807, 2.05) is 0 Å². The van der Waals surface area contributed by atoms with Crippen molar-refractivity contribution in [2.24, 2.45) is 5.92 Å². The van der Waals surface area contributed by atoms with Crippen LogP contribution in [0, 0.1) is 5.92 Å². The summed E-state index contributed by atoms with van der Waals surface area (Å²) in [5.41, 5.74) is 2.77. The molecule has 0 heterocycles. The highest BCUT2D eigenvalue weighted by Gasteiger charge is 2.21. The van der Waals surface area contributed by atoms with E-state index in [9.17, 15) is 0 Å². The van der Waals surface area contributed by atoms with Gasteiger partial charge in [0.15, 0.2) is 0 Å². The van der Waals surface area contributed by atoms with Crippen molar-refractivity contribution in [1.82, 2.24) is 0 Å². The molecule has 1 aliphatic carbocycles. The SMILES string of the molecule is CCC[C@H]1CC[C@H](c2ccc(C=C(Br)Br)cc2)CC1. The molecular weight excluding hydrogens is 364 g/mol. The predicted octanol–water partition coefficient (Wildman–Crippen LogP) is 6.85. The van der Waals surface area contributed by atoms with Crippen LogP contribution < -0.4 is 0 Å². The third-order valence-corrected chi connectivity index (χ3v) is 4.69. The van der Waals surface area contributed by atoms with Gasteiger partial charge in [-0.3, -0.25) is 0 Å². The largest absolute Gasteiger partial charge is 0.0654 e. The van der Waals surface area contributed by atoms with Gasteiger partial charge in [0.25, 0.3) is 0 Å². The average molecular weight is 386 g/mol. The second-order valence-electron chi connectivity index (χ2n) is 5.61. The summed E-state index contributed by atoms with van der Waals surface area (Å²) < 4.78 is 0.993. The highest BCUT2D eigenvalue weighted by atomic mass is 79.9. The number of rotatable bonds is 4. The Morgan fingerprint density at radius 1 is 1.11 bits per heavy atom. The molecule has 19 heavy (non-hydrogen) atoms. The van der Waals surface area contributed by atoms with E-state index in [1.54, 1.807) is 0 Å². The molecule has 0 unspecified atom stereocenters. The van der Waals surface area contributed by atoms with Gasteiger partial charge in [-0.25, -0.2) is 0 Å². The molecule has 0 saturated heterocycles. The number of hydrogen-bond acceptors (Lipinski definition) is 0. The first-order chi connectivity index (χ1) is 9.19. The minimum Gasteiger partial charge on any atom is -0.0654 e. The third kappa shape index (κ3) is 4.75. The quantitative estimate of drug-likeness (QED) is 0.531. The summed E-state index contributed by atoms with van der Waals surface area (Å²) in [5, 5.41) is 0. The van der Waals surface area contributed by atoms with E-state index in [0.717, 1.165) is 15.2 Å². The van der Waals surface area contributed by atoms with Gasteiger partial charge in [0, 0.05) is 0 Å². The summed E-state index contributed by atoms with van der Waals surface area (Å²) >= 11 is 6.81. The van der Waals surface area contributed by atoms with E-state index < -0.39 is 0 Å². The van der Waals surface area contributed by atoms with Crippen LogP contribution >= 0.6 is 31.9 Å². The van der Waals surface area contributed by atoms with Crippen LogP contribution in [-0.2, 0) is 0 Å². The maximum Gasteiger partial charge on any atom is 0.0610 e. The molecule has 2 heteroatoms. The van der Waals surface area contributed by atoms with E-state index in [1.165, 1.54) is 49.7 Å². The van der Waals surface area contributed by atoms with Gasteiger partial charge in [-0.15, -0.1) is 0 Å². The van der Waals surface area contributed by atoms with Crippen molar-refractivity contribution in [2.45, 2.75) is 51.4 Å². The first-order valence-electron chi connectivity index (χ1n) is 7.31. The molecule has 0 aliphatic heterocycles. The molecule has 104 valence electrons. The zero-order chi connectivity index (χ0) is 13.7. The summed E-state index contributed by atoms with van der Waals surface area (Å²) in [6, 6.07) is 9.05. The molecule has 0 bridgehead atoms. The van der Waals surface area contributed by atoms with Crippen molar-refractivity contribution in [2.75, 3.05) is 0 Å². The second kappa shape index (κ2) is 7.64. The summed E-state index contributed by atoms with van der Waals surface area (Å²) in [5.74, 6) is 1.78. The fraction of sp³-hybridized carbons (Fsp3) is 0.529. The Hall–Kier alpha value is -0.0800. The average Bonchev–Trinajstić information content (AvgIpc) is 2.40. The lowest BCUT2D eigenvalue weighted by atomic mass is 9.77. The lowest BCUT2D eigenvalue weighted by Crippen LogP contribution is -2.13. The maximum atomic E-state index is 3.41. The summed E-state index contributed by atoms with van der Waals surface area (Å²) in [4.78, 5) is 0. The van der Waals surface area contributed by atoms with Crippen LogP contribution in [0.3, 0.4) is 0 Å². The van der Waals surface area contributed by atoms with Crippen LogP contribution in [0.1, 0.15) is 62.5 Å². The van der Waals surface area contributed by atoms with Crippen LogP contribution in [0.4, 0.5) is 0 Å². The summed E-state index contributed by atoms with van der Waals surface area (Å²) in [7, 11) is 0. The zero-order valence-corrected chi connectivity index (χ0v) is 14.7. The molecule has 0 radical (unpaired) electrons. The molecule has 0 amide bonds. The van der Waals surface area contributed by atoms with Gasteiger partial charge in [-0.2, -0.15) is 0 Å². The van der Waals surface area contributed by atoms with Gasteiger partial charge in [0.1, 0.15) is 0 Å².